The van der Waals surface area contributed by atoms with E-state index in [1.807, 2.05) is 0 Å². The fourth-order valence-electron chi connectivity index (χ4n) is 9.75. The Morgan fingerprint density at radius 2 is 0.909 bits per heavy atom. The van der Waals surface area contributed by atoms with E-state index in [9.17, 15) is 0 Å². The Hall–Kier alpha value is -7.16. The molecule has 2 nitrogen and oxygen atoms in total. The highest BCUT2D eigenvalue weighted by atomic mass is 16.3. The van der Waals surface area contributed by atoms with Crippen LogP contribution in [0.5, 0.6) is 0 Å². The molecule has 1 unspecified atom stereocenters. The number of para-hydroxylation sites is 1. The molecule has 0 amide bonds. The summed E-state index contributed by atoms with van der Waals surface area (Å²) in [7, 11) is 0. The van der Waals surface area contributed by atoms with Crippen LogP contribution in [-0.4, -0.2) is 0 Å². The molecule has 12 rings (SSSR count). The minimum absolute atomic E-state index is 0.483. The van der Waals surface area contributed by atoms with Crippen LogP contribution in [0.4, 0.5) is 17.1 Å². The number of furan rings is 1. The molecule has 1 atom stereocenters. The monoisotopic (exact) mass is 699 g/mol. The van der Waals surface area contributed by atoms with Crippen molar-refractivity contribution < 1.29 is 4.42 Å². The second-order valence-electron chi connectivity index (χ2n) is 14.8. The van der Waals surface area contributed by atoms with Gasteiger partial charge in [-0.05, 0) is 103 Å². The zero-order valence-electron chi connectivity index (χ0n) is 29.9. The van der Waals surface area contributed by atoms with Gasteiger partial charge in [-0.1, -0.05) is 158 Å². The normalized spacial score (nSPS) is 15.0. The molecule has 0 fully saturated rings. The summed E-state index contributed by atoms with van der Waals surface area (Å²) in [5.74, 6) is 0.983. The third-order valence-corrected chi connectivity index (χ3v) is 12.0. The Labute approximate surface area is 319 Å². The highest BCUT2D eigenvalue weighted by Crippen LogP contribution is 2.65. The van der Waals surface area contributed by atoms with Crippen molar-refractivity contribution in [2.45, 2.75) is 5.41 Å². The van der Waals surface area contributed by atoms with Crippen LogP contribution in [0.2, 0.25) is 0 Å². The van der Waals surface area contributed by atoms with Gasteiger partial charge in [-0.15, -0.1) is 0 Å². The van der Waals surface area contributed by atoms with Gasteiger partial charge in [0.1, 0.15) is 11.3 Å². The molecule has 2 heteroatoms. The first-order valence-electron chi connectivity index (χ1n) is 19.0. The van der Waals surface area contributed by atoms with E-state index in [-0.39, 0.29) is 0 Å². The fraction of sp³-hybridized carbons (Fsp3) is 0.0189. The number of rotatable bonds is 4. The van der Waals surface area contributed by atoms with E-state index in [1.165, 1.54) is 77.0 Å². The van der Waals surface area contributed by atoms with E-state index in [4.69, 9.17) is 4.42 Å². The molecule has 9 aromatic carbocycles. The lowest BCUT2D eigenvalue weighted by atomic mass is 9.70. The summed E-state index contributed by atoms with van der Waals surface area (Å²) in [6, 6.07) is 73.1. The predicted molar refractivity (Wildman–Crippen MR) is 228 cm³/mol. The van der Waals surface area contributed by atoms with Crippen molar-refractivity contribution in [2.24, 2.45) is 0 Å². The molecule has 2 aliphatic rings. The van der Waals surface area contributed by atoms with Gasteiger partial charge in [-0.3, -0.25) is 0 Å². The van der Waals surface area contributed by atoms with E-state index in [0.717, 1.165) is 28.4 Å². The number of anilines is 3. The predicted octanol–water partition coefficient (Wildman–Crippen LogP) is 14.2. The van der Waals surface area contributed by atoms with E-state index in [2.05, 4.69) is 205 Å². The summed E-state index contributed by atoms with van der Waals surface area (Å²) in [5, 5.41) is 6.08. The first-order valence-corrected chi connectivity index (χ1v) is 19.0. The van der Waals surface area contributed by atoms with Crippen LogP contribution in [0.3, 0.4) is 0 Å². The molecule has 1 heterocycles. The maximum absolute atomic E-state index is 6.72. The van der Waals surface area contributed by atoms with Crippen LogP contribution >= 0.6 is 0 Å². The molecule has 0 N–H and O–H groups in total. The summed E-state index contributed by atoms with van der Waals surface area (Å²) in [4.78, 5) is 2.38. The van der Waals surface area contributed by atoms with E-state index in [0.29, 0.717) is 0 Å². The number of fused-ring (bicyclic) bond motifs is 14. The Balaban J connectivity index is 1.05. The summed E-state index contributed by atoms with van der Waals surface area (Å²) in [5.41, 5.74) is 15.1. The minimum Gasteiger partial charge on any atom is -0.456 e. The second kappa shape index (κ2) is 11.4. The maximum atomic E-state index is 6.72. The van der Waals surface area contributed by atoms with Gasteiger partial charge in [0.15, 0.2) is 0 Å². The van der Waals surface area contributed by atoms with E-state index < -0.39 is 5.41 Å². The molecule has 0 radical (unpaired) electrons. The fourth-order valence-corrected chi connectivity index (χ4v) is 9.75. The Morgan fingerprint density at radius 3 is 1.62 bits per heavy atom. The summed E-state index contributed by atoms with van der Waals surface area (Å²) in [6.45, 7) is 0. The topological polar surface area (TPSA) is 16.4 Å². The van der Waals surface area contributed by atoms with Gasteiger partial charge in [-0.2, -0.15) is 0 Å². The van der Waals surface area contributed by atoms with Crippen LogP contribution in [0, 0.1) is 0 Å². The van der Waals surface area contributed by atoms with Gasteiger partial charge in [0.25, 0.3) is 0 Å². The Morgan fingerprint density at radius 1 is 0.382 bits per heavy atom. The molecule has 10 aromatic rings. The Kier molecular flexibility index (Phi) is 6.29. The summed E-state index contributed by atoms with van der Waals surface area (Å²) >= 11 is 0. The SMILES string of the molecule is c1ccc2c(c1)-c1oc3ccccc3c1C21c2ccccc2-c2c(-c3ccc(N(c4ccc5ccccc5c4)c4ccc5ccccc5c4)cc3)cccc21. The summed E-state index contributed by atoms with van der Waals surface area (Å²) < 4.78 is 6.72. The van der Waals surface area contributed by atoms with Crippen molar-refractivity contribution in [3.8, 4) is 33.6 Å². The lowest BCUT2D eigenvalue weighted by Crippen LogP contribution is -2.25. The number of hydrogen-bond donors (Lipinski definition) is 0. The third kappa shape index (κ3) is 4.19. The Bertz CT molecular complexity index is 3090. The second-order valence-corrected chi connectivity index (χ2v) is 14.8. The number of hydrogen-bond acceptors (Lipinski definition) is 2. The maximum Gasteiger partial charge on any atom is 0.140 e. The van der Waals surface area contributed by atoms with Crippen LogP contribution < -0.4 is 4.90 Å². The molecular formula is C53H33NO. The summed E-state index contributed by atoms with van der Waals surface area (Å²) in [6.07, 6.45) is 0. The molecule has 2 aliphatic carbocycles. The third-order valence-electron chi connectivity index (χ3n) is 12.0. The van der Waals surface area contributed by atoms with Crippen molar-refractivity contribution >= 4 is 49.6 Å². The van der Waals surface area contributed by atoms with E-state index in [1.54, 1.807) is 0 Å². The van der Waals surface area contributed by atoms with Crippen LogP contribution in [0.15, 0.2) is 205 Å². The largest absolute Gasteiger partial charge is 0.456 e. The molecule has 0 saturated heterocycles. The lowest BCUT2D eigenvalue weighted by Gasteiger charge is -2.30. The molecule has 256 valence electrons. The zero-order valence-corrected chi connectivity index (χ0v) is 29.9. The highest BCUT2D eigenvalue weighted by Gasteiger charge is 2.54. The smallest absolute Gasteiger partial charge is 0.140 e. The van der Waals surface area contributed by atoms with Crippen molar-refractivity contribution in [1.29, 1.82) is 0 Å². The van der Waals surface area contributed by atoms with E-state index >= 15 is 0 Å². The van der Waals surface area contributed by atoms with Crippen LogP contribution in [0.25, 0.3) is 66.1 Å². The number of nitrogens with zero attached hydrogens (tertiary/aromatic N) is 1. The first-order chi connectivity index (χ1) is 27.3. The lowest BCUT2D eigenvalue weighted by molar-refractivity contribution is 0.628. The zero-order chi connectivity index (χ0) is 36.1. The van der Waals surface area contributed by atoms with Gasteiger partial charge >= 0.3 is 0 Å². The van der Waals surface area contributed by atoms with Crippen molar-refractivity contribution in [2.75, 3.05) is 4.90 Å². The van der Waals surface area contributed by atoms with Gasteiger partial charge in [0.05, 0.1) is 5.41 Å². The van der Waals surface area contributed by atoms with Crippen molar-refractivity contribution in [3.63, 3.8) is 0 Å². The molecule has 0 bridgehead atoms. The van der Waals surface area contributed by atoms with Crippen LogP contribution in [0.1, 0.15) is 22.3 Å². The average molecular weight is 700 g/mol. The molecule has 1 spiro atoms. The van der Waals surface area contributed by atoms with Gasteiger partial charge < -0.3 is 9.32 Å². The van der Waals surface area contributed by atoms with Gasteiger partial charge in [0, 0.05) is 33.6 Å². The van der Waals surface area contributed by atoms with Gasteiger partial charge in [-0.25, -0.2) is 0 Å². The first kappa shape index (κ1) is 30.3. The van der Waals surface area contributed by atoms with Crippen LogP contribution in [-0.2, 0) is 5.41 Å². The average Bonchev–Trinajstić information content (AvgIpc) is 3.88. The van der Waals surface area contributed by atoms with Crippen molar-refractivity contribution in [1.82, 2.24) is 0 Å². The quantitative estimate of drug-likeness (QED) is 0.182. The molecule has 55 heavy (non-hydrogen) atoms. The highest BCUT2D eigenvalue weighted by molar-refractivity contribution is 6.04. The molecule has 0 aliphatic heterocycles. The van der Waals surface area contributed by atoms with Gasteiger partial charge in [0.2, 0.25) is 0 Å². The van der Waals surface area contributed by atoms with Crippen molar-refractivity contribution in [3.05, 3.63) is 222 Å². The molecule has 1 aromatic heterocycles. The minimum atomic E-state index is -0.483. The standard InChI is InChI=1S/C53H33NO/c1-3-14-37-32-40(30-24-34(37)12-1)54(41-31-25-35-13-2-4-15-38(35)33-41)39-28-26-36(27-29-39)42-19-11-22-48-50(42)43-16-5-8-20-46(43)53(48)47-21-9-6-17-44(47)52-51(53)45-18-7-10-23-49(45)55-52/h1-33H. The number of benzene rings is 9. The molecule has 0 saturated carbocycles. The molecular weight excluding hydrogens is 667 g/mol.